The van der Waals surface area contributed by atoms with E-state index in [1.807, 2.05) is 0 Å². The van der Waals surface area contributed by atoms with Gasteiger partial charge in [-0.25, -0.2) is 18.6 Å². The number of esters is 1. The molecule has 1 heterocycles. The van der Waals surface area contributed by atoms with Gasteiger partial charge >= 0.3 is 5.97 Å². The normalized spacial score (nSPS) is 10.6. The number of nitrogens with zero attached hydrogens (tertiary/aromatic N) is 1. The van der Waals surface area contributed by atoms with Crippen molar-refractivity contribution in [2.24, 2.45) is 0 Å². The largest absolute Gasteiger partial charge is 0.462 e. The quantitative estimate of drug-likeness (QED) is 0.438. The molecule has 0 N–H and O–H groups in total. The average molecular weight is 406 g/mol. The molecular formula is C9H7BrF2INO2. The molecule has 1 aromatic heterocycles. The maximum Gasteiger partial charge on any atom is 0.339 e. The minimum absolute atomic E-state index is 0.0969. The lowest BCUT2D eigenvalue weighted by Gasteiger charge is -2.08. The van der Waals surface area contributed by atoms with E-state index >= 15 is 0 Å². The predicted molar refractivity (Wildman–Crippen MR) is 65.6 cm³/mol. The van der Waals surface area contributed by atoms with Crippen LogP contribution < -0.4 is 0 Å². The Morgan fingerprint density at radius 1 is 1.69 bits per heavy atom. The number of carbonyl (C=O) groups is 1. The maximum absolute atomic E-state index is 12.6. The molecule has 0 radical (unpaired) electrons. The van der Waals surface area contributed by atoms with Crippen molar-refractivity contribution in [3.63, 3.8) is 0 Å². The third-order valence-electron chi connectivity index (χ3n) is 1.65. The number of aromatic nitrogens is 1. The van der Waals surface area contributed by atoms with Gasteiger partial charge in [0.05, 0.1) is 15.7 Å². The summed E-state index contributed by atoms with van der Waals surface area (Å²) < 4.78 is 30.3. The van der Waals surface area contributed by atoms with E-state index in [4.69, 9.17) is 4.74 Å². The SMILES string of the molecule is CCOC(=O)c1cc(Br)nc(C(F)F)c1I. The van der Waals surface area contributed by atoms with Gasteiger partial charge in [-0.2, -0.15) is 0 Å². The second-order valence-electron chi connectivity index (χ2n) is 2.71. The minimum atomic E-state index is -2.72. The molecule has 0 bridgehead atoms. The molecule has 7 heteroatoms. The Morgan fingerprint density at radius 3 is 2.81 bits per heavy atom. The van der Waals surface area contributed by atoms with E-state index < -0.39 is 18.1 Å². The number of hydrogen-bond acceptors (Lipinski definition) is 3. The number of hydrogen-bond donors (Lipinski definition) is 0. The molecular weight excluding hydrogens is 399 g/mol. The Bertz CT molecular complexity index is 415. The maximum atomic E-state index is 12.6. The molecule has 0 spiro atoms. The first-order valence-electron chi connectivity index (χ1n) is 4.28. The van der Waals surface area contributed by atoms with Gasteiger partial charge in [0.1, 0.15) is 10.3 Å². The summed E-state index contributed by atoms with van der Waals surface area (Å²) in [5, 5.41) is 0. The highest BCUT2D eigenvalue weighted by molar-refractivity contribution is 14.1. The molecule has 16 heavy (non-hydrogen) atoms. The Kier molecular flexibility index (Phi) is 5.03. The van der Waals surface area contributed by atoms with Crippen molar-refractivity contribution in [2.45, 2.75) is 13.3 Å². The van der Waals surface area contributed by atoms with Crippen LogP contribution in [0.2, 0.25) is 0 Å². The Balaban J connectivity index is 3.24. The Hall–Kier alpha value is -0.310. The molecule has 1 aromatic rings. The van der Waals surface area contributed by atoms with Gasteiger partial charge in [0.15, 0.2) is 0 Å². The molecule has 0 aliphatic rings. The van der Waals surface area contributed by atoms with E-state index in [2.05, 4.69) is 20.9 Å². The van der Waals surface area contributed by atoms with Crippen molar-refractivity contribution in [1.82, 2.24) is 4.98 Å². The molecule has 0 saturated heterocycles. The molecule has 0 aliphatic carbocycles. The second-order valence-corrected chi connectivity index (χ2v) is 4.60. The standard InChI is InChI=1S/C9H7BrF2INO2/c1-2-16-9(15)4-3-5(10)14-7(6(4)13)8(11)12/h3,8H,2H2,1H3. The van der Waals surface area contributed by atoms with Crippen LogP contribution in [-0.2, 0) is 4.74 Å². The van der Waals surface area contributed by atoms with E-state index in [-0.39, 0.29) is 20.3 Å². The van der Waals surface area contributed by atoms with Gasteiger partial charge in [0.25, 0.3) is 6.43 Å². The van der Waals surface area contributed by atoms with Crippen LogP contribution in [0.5, 0.6) is 0 Å². The zero-order valence-electron chi connectivity index (χ0n) is 8.14. The summed E-state index contributed by atoms with van der Waals surface area (Å²) in [6.45, 7) is 1.84. The number of alkyl halides is 2. The lowest BCUT2D eigenvalue weighted by molar-refractivity contribution is 0.0524. The van der Waals surface area contributed by atoms with Crippen LogP contribution in [0.15, 0.2) is 10.7 Å². The fourth-order valence-corrected chi connectivity index (χ4v) is 2.17. The van der Waals surface area contributed by atoms with Crippen molar-refractivity contribution < 1.29 is 18.3 Å². The highest BCUT2D eigenvalue weighted by Gasteiger charge is 2.21. The van der Waals surface area contributed by atoms with Crippen molar-refractivity contribution >= 4 is 44.5 Å². The van der Waals surface area contributed by atoms with Crippen LogP contribution in [0.25, 0.3) is 0 Å². The van der Waals surface area contributed by atoms with Crippen LogP contribution in [0.4, 0.5) is 8.78 Å². The summed E-state index contributed by atoms with van der Waals surface area (Å²) in [7, 11) is 0. The van der Waals surface area contributed by atoms with Crippen LogP contribution in [0.3, 0.4) is 0 Å². The topological polar surface area (TPSA) is 39.2 Å². The monoisotopic (exact) mass is 405 g/mol. The summed E-state index contributed by atoms with van der Waals surface area (Å²) in [6.07, 6.45) is -2.72. The Labute approximate surface area is 113 Å². The van der Waals surface area contributed by atoms with E-state index in [1.165, 1.54) is 6.07 Å². The first-order valence-corrected chi connectivity index (χ1v) is 6.15. The average Bonchev–Trinajstić information content (AvgIpc) is 2.20. The number of ether oxygens (including phenoxy) is 1. The molecule has 0 saturated carbocycles. The molecule has 0 fully saturated rings. The van der Waals surface area contributed by atoms with Crippen molar-refractivity contribution in [3.05, 3.63) is 25.5 Å². The first kappa shape index (κ1) is 13.8. The number of pyridine rings is 1. The van der Waals surface area contributed by atoms with E-state index in [0.717, 1.165) is 0 Å². The van der Waals surface area contributed by atoms with Crippen LogP contribution in [0.1, 0.15) is 29.4 Å². The molecule has 0 atom stereocenters. The zero-order valence-corrected chi connectivity index (χ0v) is 11.9. The van der Waals surface area contributed by atoms with Gasteiger partial charge in [0, 0.05) is 0 Å². The fraction of sp³-hybridized carbons (Fsp3) is 0.333. The highest BCUT2D eigenvalue weighted by Crippen LogP contribution is 2.28. The van der Waals surface area contributed by atoms with E-state index in [0.29, 0.717) is 0 Å². The lowest BCUT2D eigenvalue weighted by atomic mass is 10.2. The van der Waals surface area contributed by atoms with Gasteiger partial charge in [0.2, 0.25) is 0 Å². The van der Waals surface area contributed by atoms with Gasteiger partial charge in [-0.3, -0.25) is 0 Å². The summed E-state index contributed by atoms with van der Waals surface area (Å²) >= 11 is 4.64. The second kappa shape index (κ2) is 5.85. The van der Waals surface area contributed by atoms with E-state index in [1.54, 1.807) is 29.5 Å². The summed E-state index contributed by atoms with van der Waals surface area (Å²) in [4.78, 5) is 15.1. The van der Waals surface area contributed by atoms with Gasteiger partial charge in [-0.1, -0.05) is 0 Å². The van der Waals surface area contributed by atoms with Crippen molar-refractivity contribution in [1.29, 1.82) is 0 Å². The van der Waals surface area contributed by atoms with Crippen LogP contribution in [0, 0.1) is 3.57 Å². The van der Waals surface area contributed by atoms with Gasteiger partial charge in [-0.15, -0.1) is 0 Å². The summed E-state index contributed by atoms with van der Waals surface area (Å²) in [5.74, 6) is -0.628. The molecule has 0 aliphatic heterocycles. The smallest absolute Gasteiger partial charge is 0.339 e. The first-order chi connectivity index (χ1) is 7.47. The molecule has 0 unspecified atom stereocenters. The van der Waals surface area contributed by atoms with Gasteiger partial charge < -0.3 is 4.74 Å². The molecule has 1 rings (SSSR count). The third-order valence-corrected chi connectivity index (χ3v) is 3.19. The van der Waals surface area contributed by atoms with Crippen LogP contribution in [-0.4, -0.2) is 17.6 Å². The highest BCUT2D eigenvalue weighted by atomic mass is 127. The fourth-order valence-electron chi connectivity index (χ4n) is 1.02. The van der Waals surface area contributed by atoms with Gasteiger partial charge in [-0.05, 0) is 51.5 Å². The van der Waals surface area contributed by atoms with Crippen molar-refractivity contribution in [3.8, 4) is 0 Å². The number of rotatable bonds is 3. The summed E-state index contributed by atoms with van der Waals surface area (Å²) in [6, 6.07) is 1.37. The lowest BCUT2D eigenvalue weighted by Crippen LogP contribution is -2.10. The predicted octanol–water partition coefficient (Wildman–Crippen LogP) is 3.56. The zero-order chi connectivity index (χ0) is 12.3. The molecule has 3 nitrogen and oxygen atoms in total. The molecule has 0 amide bonds. The number of carbonyl (C=O) groups excluding carboxylic acids is 1. The third kappa shape index (κ3) is 3.09. The van der Waals surface area contributed by atoms with Crippen molar-refractivity contribution in [2.75, 3.05) is 6.61 Å². The summed E-state index contributed by atoms with van der Waals surface area (Å²) in [5.41, 5.74) is -0.322. The number of halogens is 4. The van der Waals surface area contributed by atoms with E-state index in [9.17, 15) is 13.6 Å². The minimum Gasteiger partial charge on any atom is -0.462 e. The molecule has 88 valence electrons. The van der Waals surface area contributed by atoms with Crippen LogP contribution >= 0.6 is 38.5 Å². The molecule has 0 aromatic carbocycles. The Morgan fingerprint density at radius 2 is 2.31 bits per heavy atom.